The van der Waals surface area contributed by atoms with Gasteiger partial charge >= 0.3 is 24.2 Å². The maximum Gasteiger partial charge on any atom is 0.416 e. The first-order chi connectivity index (χ1) is 11.5. The minimum Gasteiger partial charge on any atom is -0.318 e. The molecule has 3 N–H and O–H groups in total. The molecule has 25 heavy (non-hydrogen) atoms. The molecular formula is C12H7F6N5O2. The fourth-order valence-corrected chi connectivity index (χ4v) is 1.64. The van der Waals surface area contributed by atoms with Gasteiger partial charge in [0, 0.05) is 5.69 Å². The van der Waals surface area contributed by atoms with Gasteiger partial charge in [0.2, 0.25) is 5.95 Å². The summed E-state index contributed by atoms with van der Waals surface area (Å²) in [7, 11) is 0. The number of aromatic amines is 1. The predicted octanol–water partition coefficient (Wildman–Crippen LogP) is 2.42. The van der Waals surface area contributed by atoms with Crippen molar-refractivity contribution in [3.63, 3.8) is 0 Å². The van der Waals surface area contributed by atoms with Crippen LogP contribution in [0.3, 0.4) is 0 Å². The number of rotatable bonds is 2. The molecule has 0 aliphatic heterocycles. The van der Waals surface area contributed by atoms with Crippen LogP contribution in [0, 0.1) is 0 Å². The van der Waals surface area contributed by atoms with Gasteiger partial charge in [-0.25, -0.2) is 5.10 Å². The van der Waals surface area contributed by atoms with Gasteiger partial charge in [0.05, 0.1) is 11.1 Å². The highest BCUT2D eigenvalue weighted by molar-refractivity contribution is 6.43. The molecule has 0 radical (unpaired) electrons. The minimum atomic E-state index is -5.08. The lowest BCUT2D eigenvalue weighted by Crippen LogP contribution is -2.29. The number of benzene rings is 1. The summed E-state index contributed by atoms with van der Waals surface area (Å²) < 4.78 is 76.2. The van der Waals surface area contributed by atoms with Gasteiger partial charge in [-0.1, -0.05) is 0 Å². The number of hydrogen-bond acceptors (Lipinski definition) is 4. The molecule has 0 unspecified atom stereocenters. The van der Waals surface area contributed by atoms with Crippen LogP contribution in [0.2, 0.25) is 0 Å². The fraction of sp³-hybridized carbons (Fsp3) is 0.167. The van der Waals surface area contributed by atoms with Crippen LogP contribution in [0.4, 0.5) is 38.0 Å². The van der Waals surface area contributed by atoms with Crippen LogP contribution in [0.25, 0.3) is 0 Å². The zero-order valence-electron chi connectivity index (χ0n) is 11.8. The highest BCUT2D eigenvalue weighted by atomic mass is 19.4. The predicted molar refractivity (Wildman–Crippen MR) is 70.1 cm³/mol. The van der Waals surface area contributed by atoms with Crippen molar-refractivity contribution >= 4 is 23.5 Å². The second-order valence-electron chi connectivity index (χ2n) is 4.54. The smallest absolute Gasteiger partial charge is 0.318 e. The van der Waals surface area contributed by atoms with Crippen LogP contribution in [-0.2, 0) is 21.9 Å². The van der Waals surface area contributed by atoms with Gasteiger partial charge in [-0.2, -0.15) is 36.4 Å². The minimum absolute atomic E-state index is 0.107. The highest BCUT2D eigenvalue weighted by Gasteiger charge is 2.37. The fourth-order valence-electron chi connectivity index (χ4n) is 1.64. The molecule has 1 aromatic heterocycles. The summed E-state index contributed by atoms with van der Waals surface area (Å²) in [5, 5.41) is 9.11. The number of H-pyrrole nitrogens is 1. The van der Waals surface area contributed by atoms with E-state index in [0.29, 0.717) is 0 Å². The number of nitrogens with zero attached hydrogens (tertiary/aromatic N) is 2. The van der Waals surface area contributed by atoms with Crippen molar-refractivity contribution in [1.29, 1.82) is 0 Å². The van der Waals surface area contributed by atoms with Gasteiger partial charge in [-0.3, -0.25) is 14.9 Å². The Labute approximate surface area is 134 Å². The van der Waals surface area contributed by atoms with Crippen molar-refractivity contribution in [3.8, 4) is 0 Å². The molecule has 0 aliphatic carbocycles. The van der Waals surface area contributed by atoms with Crippen molar-refractivity contribution in [2.24, 2.45) is 0 Å². The van der Waals surface area contributed by atoms with E-state index in [1.54, 1.807) is 5.32 Å². The summed E-state index contributed by atoms with van der Waals surface area (Å²) in [5.41, 5.74) is -4.11. The van der Waals surface area contributed by atoms with E-state index in [2.05, 4.69) is 15.2 Å². The standard InChI is InChI=1S/C12H7F6N5O2/c13-11(14,15)5-1-6(12(16,17)18)3-7(2-5)21-8(24)9(25)22-10-19-4-20-23-10/h1-4H,(H,21,24)(H2,19,20,22,23,25). The lowest BCUT2D eigenvalue weighted by atomic mass is 10.1. The zero-order valence-corrected chi connectivity index (χ0v) is 11.8. The van der Waals surface area contributed by atoms with E-state index in [4.69, 9.17) is 0 Å². The van der Waals surface area contributed by atoms with E-state index in [1.807, 2.05) is 5.32 Å². The summed E-state index contributed by atoms with van der Waals surface area (Å²) in [6, 6.07) is 0.438. The van der Waals surface area contributed by atoms with Crippen LogP contribution >= 0.6 is 0 Å². The maximum atomic E-state index is 12.7. The zero-order chi connectivity index (χ0) is 18.8. The van der Waals surface area contributed by atoms with Gasteiger partial charge in [0.1, 0.15) is 6.33 Å². The maximum absolute atomic E-state index is 12.7. The molecule has 0 saturated heterocycles. The Bertz CT molecular complexity index is 752. The molecule has 0 saturated carbocycles. The summed E-state index contributed by atoms with van der Waals surface area (Å²) in [4.78, 5) is 26.6. The molecule has 0 bridgehead atoms. The first-order valence-corrected chi connectivity index (χ1v) is 6.24. The summed E-state index contributed by atoms with van der Waals surface area (Å²) in [5.74, 6) is -3.10. The van der Waals surface area contributed by atoms with E-state index >= 15 is 0 Å². The molecule has 2 aromatic rings. The lowest BCUT2D eigenvalue weighted by molar-refractivity contribution is -0.143. The second kappa shape index (κ2) is 6.41. The third-order valence-electron chi connectivity index (χ3n) is 2.70. The molecule has 2 rings (SSSR count). The molecule has 0 aliphatic rings. The molecule has 0 atom stereocenters. The molecule has 7 nitrogen and oxygen atoms in total. The summed E-state index contributed by atoms with van der Waals surface area (Å²) in [6.45, 7) is 0. The van der Waals surface area contributed by atoms with E-state index in [9.17, 15) is 35.9 Å². The van der Waals surface area contributed by atoms with Gasteiger partial charge < -0.3 is 5.32 Å². The molecule has 13 heteroatoms. The van der Waals surface area contributed by atoms with Crippen molar-refractivity contribution < 1.29 is 35.9 Å². The second-order valence-corrected chi connectivity index (χ2v) is 4.54. The Hall–Kier alpha value is -3.12. The Kier molecular flexibility index (Phi) is 4.67. The molecule has 1 heterocycles. The number of aromatic nitrogens is 3. The number of carbonyl (C=O) groups is 2. The molecule has 1 aromatic carbocycles. The number of alkyl halides is 6. The summed E-state index contributed by atoms with van der Waals surface area (Å²) in [6.07, 6.45) is -9.17. The number of hydrogen-bond donors (Lipinski definition) is 3. The quantitative estimate of drug-likeness (QED) is 0.561. The van der Waals surface area contributed by atoms with Crippen LogP contribution in [0.1, 0.15) is 11.1 Å². The highest BCUT2D eigenvalue weighted by Crippen LogP contribution is 2.37. The first-order valence-electron chi connectivity index (χ1n) is 6.24. The average molecular weight is 367 g/mol. The number of halogens is 6. The van der Waals surface area contributed by atoms with Gasteiger partial charge in [0.25, 0.3) is 0 Å². The molecular weight excluding hydrogens is 360 g/mol. The Morgan fingerprint density at radius 2 is 1.40 bits per heavy atom. The van der Waals surface area contributed by atoms with Crippen molar-refractivity contribution in [2.45, 2.75) is 12.4 Å². The van der Waals surface area contributed by atoms with Crippen LogP contribution in [-0.4, -0.2) is 27.0 Å². The van der Waals surface area contributed by atoms with Crippen molar-refractivity contribution in [1.82, 2.24) is 15.2 Å². The molecule has 134 valence electrons. The number of carbonyl (C=O) groups excluding carboxylic acids is 2. The average Bonchev–Trinajstić information content (AvgIpc) is 2.98. The van der Waals surface area contributed by atoms with Crippen molar-refractivity contribution in [2.75, 3.05) is 10.6 Å². The van der Waals surface area contributed by atoms with Gasteiger partial charge in [-0.05, 0) is 18.2 Å². The monoisotopic (exact) mass is 367 g/mol. The number of nitrogens with one attached hydrogen (secondary N) is 3. The van der Waals surface area contributed by atoms with E-state index < -0.39 is 41.0 Å². The molecule has 0 spiro atoms. The third kappa shape index (κ3) is 4.68. The molecule has 2 amide bonds. The first kappa shape index (κ1) is 18.2. The van der Waals surface area contributed by atoms with E-state index in [-0.39, 0.29) is 24.1 Å². The van der Waals surface area contributed by atoms with Crippen LogP contribution in [0.5, 0.6) is 0 Å². The van der Waals surface area contributed by atoms with Gasteiger partial charge in [-0.15, -0.1) is 0 Å². The van der Waals surface area contributed by atoms with E-state index in [0.717, 1.165) is 6.33 Å². The van der Waals surface area contributed by atoms with Crippen molar-refractivity contribution in [3.05, 3.63) is 35.7 Å². The number of anilines is 2. The molecule has 0 fully saturated rings. The Balaban J connectivity index is 2.25. The van der Waals surface area contributed by atoms with E-state index in [1.165, 1.54) is 0 Å². The van der Waals surface area contributed by atoms with Crippen LogP contribution < -0.4 is 10.6 Å². The lowest BCUT2D eigenvalue weighted by Gasteiger charge is -2.14. The number of amides is 2. The van der Waals surface area contributed by atoms with Crippen LogP contribution in [0.15, 0.2) is 24.5 Å². The largest absolute Gasteiger partial charge is 0.416 e. The normalized spacial score (nSPS) is 11.9. The summed E-state index contributed by atoms with van der Waals surface area (Å²) >= 11 is 0. The Morgan fingerprint density at radius 3 is 1.84 bits per heavy atom. The SMILES string of the molecule is O=C(Nc1cc(C(F)(F)F)cc(C(F)(F)F)c1)C(=O)Nc1ncn[nH]1. The topological polar surface area (TPSA) is 99.8 Å². The van der Waals surface area contributed by atoms with Gasteiger partial charge in [0.15, 0.2) is 0 Å². The Morgan fingerprint density at radius 1 is 0.880 bits per heavy atom. The third-order valence-corrected chi connectivity index (χ3v) is 2.70.